The van der Waals surface area contributed by atoms with Crippen molar-refractivity contribution in [2.24, 2.45) is 0 Å². The van der Waals surface area contributed by atoms with Crippen LogP contribution in [-0.4, -0.2) is 27.0 Å². The van der Waals surface area contributed by atoms with E-state index in [-0.39, 0.29) is 11.9 Å². The monoisotopic (exact) mass is 375 g/mol. The number of rotatable bonds is 5. The lowest BCUT2D eigenvalue weighted by atomic mass is 9.93. The van der Waals surface area contributed by atoms with E-state index in [2.05, 4.69) is 10.1 Å². The van der Waals surface area contributed by atoms with Gasteiger partial charge in [0.2, 0.25) is 11.7 Å². The highest BCUT2D eigenvalue weighted by atomic mass is 16.5. The Balaban J connectivity index is 1.57. The van der Waals surface area contributed by atoms with Crippen molar-refractivity contribution >= 4 is 5.91 Å². The van der Waals surface area contributed by atoms with E-state index in [0.717, 1.165) is 31.2 Å². The van der Waals surface area contributed by atoms with Gasteiger partial charge in [-0.15, -0.1) is 0 Å². The molecule has 1 aliphatic rings. The largest absolute Gasteiger partial charge is 0.337 e. The number of amides is 1. The first kappa shape index (κ1) is 18.4. The lowest BCUT2D eigenvalue weighted by Crippen LogP contribution is -2.41. The molecule has 0 radical (unpaired) electrons. The number of benzene rings is 2. The number of carbonyl (C=O) groups excluding carboxylic acids is 1. The highest BCUT2D eigenvalue weighted by Gasteiger charge is 2.28. The minimum atomic E-state index is 0.0302. The molecule has 1 saturated carbocycles. The Morgan fingerprint density at radius 1 is 1.04 bits per heavy atom. The smallest absolute Gasteiger partial charge is 0.254 e. The Labute approximate surface area is 165 Å². The summed E-state index contributed by atoms with van der Waals surface area (Å²) in [6.45, 7) is 2.39. The van der Waals surface area contributed by atoms with E-state index in [0.29, 0.717) is 23.8 Å². The predicted molar refractivity (Wildman–Crippen MR) is 108 cm³/mol. The first-order valence-electron chi connectivity index (χ1n) is 9.96. The molecule has 5 nitrogen and oxygen atoms in total. The van der Waals surface area contributed by atoms with Crippen molar-refractivity contribution in [1.29, 1.82) is 0 Å². The summed E-state index contributed by atoms with van der Waals surface area (Å²) in [5.41, 5.74) is 2.80. The third-order valence-electron chi connectivity index (χ3n) is 5.38. The van der Waals surface area contributed by atoms with E-state index < -0.39 is 0 Å². The maximum Gasteiger partial charge on any atom is 0.254 e. The third kappa shape index (κ3) is 4.14. The molecule has 0 N–H and O–H groups in total. The summed E-state index contributed by atoms with van der Waals surface area (Å²) in [5.74, 6) is 1.07. The van der Waals surface area contributed by atoms with Gasteiger partial charge in [-0.25, -0.2) is 0 Å². The molecule has 28 heavy (non-hydrogen) atoms. The van der Waals surface area contributed by atoms with Crippen molar-refractivity contribution in [3.8, 4) is 11.4 Å². The van der Waals surface area contributed by atoms with Crippen LogP contribution in [0.4, 0.5) is 0 Å². The summed E-state index contributed by atoms with van der Waals surface area (Å²) in [4.78, 5) is 19.7. The van der Waals surface area contributed by atoms with Crippen LogP contribution in [0.25, 0.3) is 11.4 Å². The second-order valence-electron chi connectivity index (χ2n) is 7.47. The van der Waals surface area contributed by atoms with Gasteiger partial charge in [-0.3, -0.25) is 4.79 Å². The highest BCUT2D eigenvalue weighted by molar-refractivity contribution is 5.94. The van der Waals surface area contributed by atoms with Gasteiger partial charge >= 0.3 is 0 Å². The molecule has 0 atom stereocenters. The molecule has 1 fully saturated rings. The second-order valence-corrected chi connectivity index (χ2v) is 7.47. The molecular formula is C23H25N3O2. The number of aryl methyl sites for hydroxylation is 1. The Hall–Kier alpha value is -2.95. The lowest BCUT2D eigenvalue weighted by Gasteiger charge is -2.33. The third-order valence-corrected chi connectivity index (χ3v) is 5.38. The van der Waals surface area contributed by atoms with Crippen molar-refractivity contribution in [2.45, 2.75) is 51.6 Å². The van der Waals surface area contributed by atoms with Crippen molar-refractivity contribution in [3.05, 3.63) is 71.6 Å². The van der Waals surface area contributed by atoms with Crippen LogP contribution in [0.5, 0.6) is 0 Å². The predicted octanol–water partition coefficient (Wildman–Crippen LogP) is 5.02. The average molecular weight is 375 g/mol. The lowest BCUT2D eigenvalue weighted by molar-refractivity contribution is 0.0586. The van der Waals surface area contributed by atoms with Gasteiger partial charge in [0.05, 0.1) is 0 Å². The molecule has 2 aromatic carbocycles. The van der Waals surface area contributed by atoms with E-state index in [1.807, 2.05) is 66.4 Å². The zero-order chi connectivity index (χ0) is 19.3. The minimum absolute atomic E-state index is 0.0302. The molecule has 3 aromatic rings. The molecule has 0 bridgehead atoms. The van der Waals surface area contributed by atoms with E-state index >= 15 is 0 Å². The Morgan fingerprint density at radius 3 is 2.46 bits per heavy atom. The van der Waals surface area contributed by atoms with Crippen molar-refractivity contribution in [1.82, 2.24) is 15.0 Å². The summed E-state index contributed by atoms with van der Waals surface area (Å²) in [6.07, 6.45) is 5.60. The molecule has 1 heterocycles. The summed E-state index contributed by atoms with van der Waals surface area (Å²) in [6, 6.07) is 17.7. The molecule has 0 spiro atoms. The fraction of sp³-hybridized carbons (Fsp3) is 0.348. The number of carbonyl (C=O) groups is 1. The van der Waals surface area contributed by atoms with Crippen LogP contribution in [0.3, 0.4) is 0 Å². The van der Waals surface area contributed by atoms with Gasteiger partial charge in [0, 0.05) is 17.2 Å². The SMILES string of the molecule is Cc1ccc(-c2noc(CN(C(=O)c3ccccc3)C3CCCCC3)n2)cc1. The molecule has 1 aromatic heterocycles. The maximum atomic E-state index is 13.2. The molecule has 0 saturated heterocycles. The molecule has 5 heteroatoms. The summed E-state index contributed by atoms with van der Waals surface area (Å²) >= 11 is 0. The quantitative estimate of drug-likeness (QED) is 0.628. The number of aromatic nitrogens is 2. The maximum absolute atomic E-state index is 13.2. The zero-order valence-corrected chi connectivity index (χ0v) is 16.2. The second kappa shape index (κ2) is 8.38. The van der Waals surface area contributed by atoms with Gasteiger partial charge in [0.1, 0.15) is 6.54 Å². The Morgan fingerprint density at radius 2 is 1.75 bits per heavy atom. The highest BCUT2D eigenvalue weighted by Crippen LogP contribution is 2.26. The van der Waals surface area contributed by atoms with Gasteiger partial charge in [0.15, 0.2) is 0 Å². The van der Waals surface area contributed by atoms with Crippen molar-refractivity contribution in [3.63, 3.8) is 0 Å². The van der Waals surface area contributed by atoms with Crippen molar-refractivity contribution in [2.75, 3.05) is 0 Å². The topological polar surface area (TPSA) is 59.2 Å². The Bertz CT molecular complexity index is 913. The first-order valence-corrected chi connectivity index (χ1v) is 9.96. The van der Waals surface area contributed by atoms with E-state index in [1.165, 1.54) is 12.0 Å². The van der Waals surface area contributed by atoms with Gasteiger partial charge in [-0.1, -0.05) is 72.4 Å². The van der Waals surface area contributed by atoms with Crippen LogP contribution >= 0.6 is 0 Å². The summed E-state index contributed by atoms with van der Waals surface area (Å²) < 4.78 is 5.50. The van der Waals surface area contributed by atoms with Crippen LogP contribution < -0.4 is 0 Å². The first-order chi connectivity index (χ1) is 13.7. The average Bonchev–Trinajstić information content (AvgIpc) is 3.22. The number of hydrogen-bond donors (Lipinski definition) is 0. The molecule has 0 aliphatic heterocycles. The van der Waals surface area contributed by atoms with E-state index in [9.17, 15) is 4.79 Å². The number of nitrogens with zero attached hydrogens (tertiary/aromatic N) is 3. The van der Waals surface area contributed by atoms with Gasteiger partial charge < -0.3 is 9.42 Å². The van der Waals surface area contributed by atoms with Crippen LogP contribution in [0.2, 0.25) is 0 Å². The van der Waals surface area contributed by atoms with Crippen LogP contribution in [-0.2, 0) is 6.54 Å². The fourth-order valence-electron chi connectivity index (χ4n) is 3.79. The number of hydrogen-bond acceptors (Lipinski definition) is 4. The van der Waals surface area contributed by atoms with E-state index in [1.54, 1.807) is 0 Å². The normalized spacial score (nSPS) is 14.8. The molecule has 1 amide bonds. The van der Waals surface area contributed by atoms with Gasteiger partial charge in [0.25, 0.3) is 5.91 Å². The standard InChI is InChI=1S/C23H25N3O2/c1-17-12-14-18(15-13-17)22-24-21(28-25-22)16-26(20-10-6-3-7-11-20)23(27)19-8-4-2-5-9-19/h2,4-5,8-9,12-15,20H,3,6-7,10-11,16H2,1H3. The summed E-state index contributed by atoms with van der Waals surface area (Å²) in [7, 11) is 0. The van der Waals surface area contributed by atoms with Crippen LogP contribution in [0.15, 0.2) is 59.1 Å². The van der Waals surface area contributed by atoms with Crippen molar-refractivity contribution < 1.29 is 9.32 Å². The summed E-state index contributed by atoms with van der Waals surface area (Å²) in [5, 5.41) is 4.12. The molecule has 0 unspecified atom stereocenters. The molecule has 1 aliphatic carbocycles. The minimum Gasteiger partial charge on any atom is -0.337 e. The van der Waals surface area contributed by atoms with E-state index in [4.69, 9.17) is 4.52 Å². The fourth-order valence-corrected chi connectivity index (χ4v) is 3.79. The molecule has 144 valence electrons. The van der Waals surface area contributed by atoms with Gasteiger partial charge in [-0.2, -0.15) is 4.98 Å². The van der Waals surface area contributed by atoms with Gasteiger partial charge in [-0.05, 0) is 31.9 Å². The molecule has 4 rings (SSSR count). The Kier molecular flexibility index (Phi) is 5.51. The van der Waals surface area contributed by atoms with Crippen LogP contribution in [0, 0.1) is 6.92 Å². The van der Waals surface area contributed by atoms with Crippen LogP contribution in [0.1, 0.15) is 53.9 Å². The molecular weight excluding hydrogens is 350 g/mol. The zero-order valence-electron chi connectivity index (χ0n) is 16.2.